The summed E-state index contributed by atoms with van der Waals surface area (Å²) in [7, 11) is 0. The lowest BCUT2D eigenvalue weighted by atomic mass is 9.78. The molecule has 24 bridgehead atoms. The molecule has 0 aromatic carbocycles. The van der Waals surface area contributed by atoms with Crippen LogP contribution in [0.1, 0.15) is 208 Å². The molecule has 4 N–H and O–H groups in total. The maximum Gasteiger partial charge on any atom is 0.172 e. The second-order valence-electron chi connectivity index (χ2n) is 35.3. The van der Waals surface area contributed by atoms with Crippen molar-refractivity contribution in [2.24, 2.45) is 41.2 Å². The number of hydrogen-bond donors (Lipinski definition) is 3. The second kappa shape index (κ2) is 31.8. The predicted molar refractivity (Wildman–Crippen MR) is 399 cm³/mol. The Bertz CT molecular complexity index is 2930. The van der Waals surface area contributed by atoms with Gasteiger partial charge in [-0.2, -0.15) is 0 Å². The fraction of sp³-hybridized carbons (Fsp3) is 0.877. The summed E-state index contributed by atoms with van der Waals surface area (Å²) in [6.45, 7) is 28.9. The molecule has 38 atom stereocenters. The smallest absolute Gasteiger partial charge is 0.172 e. The topological polar surface area (TPSA) is 248 Å². The molecule has 0 amide bonds. The van der Waals surface area contributed by atoms with Gasteiger partial charge >= 0.3 is 0 Å². The molecule has 104 heavy (non-hydrogen) atoms. The summed E-state index contributed by atoms with van der Waals surface area (Å²) >= 11 is 4.24. The lowest BCUT2D eigenvalue weighted by molar-refractivity contribution is -0.292. The molecule has 0 saturated carbocycles. The lowest BCUT2D eigenvalue weighted by Gasteiger charge is -2.47. The van der Waals surface area contributed by atoms with Crippen molar-refractivity contribution < 1.29 is 95.6 Å². The largest absolute Gasteiger partial charge is 0.393 e. The molecule has 20 rings (SSSR count). The van der Waals surface area contributed by atoms with Crippen LogP contribution in [0.3, 0.4) is 0 Å². The van der Waals surface area contributed by atoms with Crippen molar-refractivity contribution in [3.05, 3.63) is 48.6 Å². The summed E-state index contributed by atoms with van der Waals surface area (Å²) in [6.07, 6.45) is 14.3. The number of carbonyl (C=O) groups is 2. The Hall–Kier alpha value is -1.000. The number of rotatable bonds is 6. The minimum Gasteiger partial charge on any atom is -0.393 e. The predicted octanol–water partition coefficient (Wildman–Crippen LogP) is 11.3. The van der Waals surface area contributed by atoms with Crippen LogP contribution in [0.25, 0.3) is 0 Å². The van der Waals surface area contributed by atoms with Crippen LogP contribution < -0.4 is 5.73 Å². The number of ketones is 2. The van der Waals surface area contributed by atoms with E-state index in [9.17, 15) is 19.8 Å². The summed E-state index contributed by atoms with van der Waals surface area (Å²) in [5.74, 6) is -0.299. The van der Waals surface area contributed by atoms with E-state index in [1.165, 1.54) is 0 Å². The Kier molecular flexibility index (Phi) is 23.5. The van der Waals surface area contributed by atoms with Gasteiger partial charge in [-0.1, -0.05) is 60.9 Å². The van der Waals surface area contributed by atoms with Crippen LogP contribution in [0.4, 0.5) is 0 Å². The van der Waals surface area contributed by atoms with Gasteiger partial charge in [0.1, 0.15) is 72.6 Å². The molecule has 20 fully saturated rings. The highest BCUT2D eigenvalue weighted by Gasteiger charge is 2.71. The molecular formula is C81H119I2NO20. The van der Waals surface area contributed by atoms with Crippen molar-refractivity contribution in [2.45, 2.75) is 403 Å². The van der Waals surface area contributed by atoms with E-state index >= 15 is 0 Å². The number of aliphatic hydroxyl groups is 2. The van der Waals surface area contributed by atoms with E-state index in [1.807, 2.05) is 6.92 Å². The molecule has 10 unspecified atom stereocenters. The first-order chi connectivity index (χ1) is 50.1. The van der Waals surface area contributed by atoms with Crippen molar-refractivity contribution in [3.63, 3.8) is 0 Å². The quantitative estimate of drug-likeness (QED) is 0.165. The van der Waals surface area contributed by atoms with E-state index in [0.29, 0.717) is 88.9 Å². The zero-order valence-electron chi connectivity index (χ0n) is 62.0. The molecule has 0 aliphatic carbocycles. The van der Waals surface area contributed by atoms with Crippen LogP contribution >= 0.6 is 37.2 Å². The van der Waals surface area contributed by atoms with Crippen LogP contribution in [0.15, 0.2) is 48.6 Å². The number of carbonyl (C=O) groups excluding carboxylic acids is 2. The molecule has 0 aromatic rings. The molecule has 20 heterocycles. The maximum absolute atomic E-state index is 14.0. The van der Waals surface area contributed by atoms with Crippen LogP contribution in [0.5, 0.6) is 0 Å². The first kappa shape index (κ1) is 77.0. The number of fused-ring (bicyclic) bond motifs is 12. The van der Waals surface area contributed by atoms with Crippen LogP contribution in [0, 0.1) is 35.5 Å². The summed E-state index contributed by atoms with van der Waals surface area (Å²) in [5.41, 5.74) is 10.3. The average Bonchev–Trinajstić information content (AvgIpc) is 1.55. The van der Waals surface area contributed by atoms with Gasteiger partial charge in [-0.15, -0.1) is 0 Å². The van der Waals surface area contributed by atoms with Crippen molar-refractivity contribution in [1.29, 1.82) is 0 Å². The molecule has 2 spiro atoms. The monoisotopic (exact) mass is 1680 g/mol. The van der Waals surface area contributed by atoms with Gasteiger partial charge in [0.25, 0.3) is 0 Å². The Labute approximate surface area is 639 Å². The Morgan fingerprint density at radius 2 is 0.798 bits per heavy atom. The number of halogens is 2. The number of nitrogens with two attached hydrogens (primary N) is 1. The minimum absolute atomic E-state index is 0.00127. The molecule has 21 nitrogen and oxygen atoms in total. The highest BCUT2D eigenvalue weighted by Crippen LogP contribution is 2.58. The van der Waals surface area contributed by atoms with Crippen LogP contribution in [-0.4, -0.2) is 223 Å². The summed E-state index contributed by atoms with van der Waals surface area (Å²) < 4.78 is 108. The Morgan fingerprint density at radius 3 is 1.23 bits per heavy atom. The van der Waals surface area contributed by atoms with Crippen molar-refractivity contribution in [2.75, 3.05) is 6.54 Å². The Morgan fingerprint density at radius 1 is 0.413 bits per heavy atom. The number of ether oxygens (including phenoxy) is 16. The van der Waals surface area contributed by atoms with E-state index in [4.69, 9.17) is 81.5 Å². The third-order valence-electron chi connectivity index (χ3n) is 28.6. The summed E-state index contributed by atoms with van der Waals surface area (Å²) in [5, 5.41) is 21.1. The standard InChI is InChI=1S/C41H60O10.C40H59NO10.I2/c1-6-24(42)17-32-23(5)29-16-25(43)15-27-8-10-31-36(46-27)40-39-38(48-31)37-35(49-39)19-41(50-37,51-40)12-11-28-14-21(3)30(44-28)9-7-26-13-20(2)22(4)33(45-26)18-34(29)47-32;1-19-11-25-5-7-29-20(2)12-27(44-29)9-10-40-17-34-36(50-40)37-38(49-34)39(51-40)35-30(48-37)8-6-26(46-35)13-23(42)14-28-22(4)31(15-24(43)18-41)47-33(28)16-32(45-25)21(19)3;1-2/h20,23-24,26-40,42H,3-4,6-19H2,1-2,5H3;19,22,24-39,43H,2-3,5-18,41H2,1,4H3;/t20-,23-,24-,26+,27?,28+,29-,30?,31+,32-,33?,34+,35-,36+,37?,38+,39-,40+,41?;19-,22-,24+,25+,26?,27+,28-,29?,30+,31-,32?,33+,34-,35+,36?,37+,38-,39+,40?;/m11./s1. The fourth-order valence-electron chi connectivity index (χ4n) is 22.6. The molecule has 20 aliphatic heterocycles. The van der Waals surface area contributed by atoms with Gasteiger partial charge in [-0.3, -0.25) is 9.59 Å². The van der Waals surface area contributed by atoms with Gasteiger partial charge in [0.15, 0.2) is 11.6 Å². The van der Waals surface area contributed by atoms with Crippen LogP contribution in [0.2, 0.25) is 0 Å². The van der Waals surface area contributed by atoms with E-state index < -0.39 is 23.8 Å². The normalized spacial score (nSPS) is 52.2. The fourth-order valence-corrected chi connectivity index (χ4v) is 22.6. The van der Waals surface area contributed by atoms with Crippen molar-refractivity contribution in [3.8, 4) is 0 Å². The third-order valence-corrected chi connectivity index (χ3v) is 28.6. The highest BCUT2D eigenvalue weighted by atomic mass is 128. The van der Waals surface area contributed by atoms with E-state index in [1.54, 1.807) is 0 Å². The van der Waals surface area contributed by atoms with Gasteiger partial charge in [-0.25, -0.2) is 0 Å². The molecule has 582 valence electrons. The first-order valence-corrected chi connectivity index (χ1v) is 46.9. The summed E-state index contributed by atoms with van der Waals surface area (Å²) in [4.78, 5) is 28.0. The molecule has 23 heteroatoms. The van der Waals surface area contributed by atoms with Gasteiger partial charge in [0, 0.05) is 114 Å². The zero-order chi connectivity index (χ0) is 72.4. The van der Waals surface area contributed by atoms with Crippen molar-refractivity contribution in [1.82, 2.24) is 0 Å². The van der Waals surface area contributed by atoms with Crippen LogP contribution in [-0.2, 0) is 85.4 Å². The van der Waals surface area contributed by atoms with Gasteiger partial charge in [0.2, 0.25) is 0 Å². The van der Waals surface area contributed by atoms with Gasteiger partial charge in [0.05, 0.1) is 122 Å². The molecular weight excluding hydrogens is 1560 g/mol. The number of hydrogen-bond acceptors (Lipinski definition) is 21. The van der Waals surface area contributed by atoms with E-state index in [0.717, 1.165) is 119 Å². The molecule has 0 radical (unpaired) electrons. The average molecular weight is 1680 g/mol. The molecule has 20 saturated heterocycles. The lowest BCUT2D eigenvalue weighted by Crippen LogP contribution is -2.61. The number of Topliss-reactive ketones (excluding diaryl/α,β-unsaturated/α-hetero) is 2. The first-order valence-electron chi connectivity index (χ1n) is 40.7. The van der Waals surface area contributed by atoms with Gasteiger partial charge in [-0.05, 0) is 161 Å². The van der Waals surface area contributed by atoms with E-state index in [-0.39, 0.29) is 213 Å². The van der Waals surface area contributed by atoms with Gasteiger partial charge < -0.3 is 91.7 Å². The summed E-state index contributed by atoms with van der Waals surface area (Å²) in [6, 6.07) is 0. The molecule has 20 aliphatic rings. The molecule has 0 aromatic heterocycles. The zero-order valence-corrected chi connectivity index (χ0v) is 66.3. The highest BCUT2D eigenvalue weighted by molar-refractivity contribution is 15.0. The third kappa shape index (κ3) is 15.3. The Balaban J connectivity index is 0.000000157. The van der Waals surface area contributed by atoms with E-state index in [2.05, 4.69) is 91.2 Å². The minimum atomic E-state index is -0.765. The number of aliphatic hydroxyl groups excluding tert-OH is 2. The maximum atomic E-state index is 14.0. The van der Waals surface area contributed by atoms with Crippen molar-refractivity contribution >= 4 is 48.8 Å². The SMILES string of the molecule is C=C1C[C@@H]2CCC34C[C@H]5O[C@H]6[C@@H](O3)[C@H]3OC(CC[C@@H]3O[C@H]6C5O4)CC(=O)C[C@@H]3[C@@H](C)[C@@H](C[C@H](O)CC)O[C@H]3CC3O[C@@H](CCC1O2)C[C@@H](C)C3=C.C=C1C[C@@H]2CCC34C[C@H]5O[C@H]6[C@@H](O3)[C@H]3OC(CC[C@@H]3O[C@H]6C5O4)CC(=O)C[C@@H]3[C@@H](C)[C@@H](C[C@H](O)CN)O[C@H]3CC3O[C@@H](CCC1O2)C[C@@H](C)C3=C.II. The second-order valence-corrected chi connectivity index (χ2v) is 35.3.